The number of carbonyl (C=O) groups excluding carboxylic acids is 1. The molecule has 2 aromatic carbocycles. The predicted molar refractivity (Wildman–Crippen MR) is 92.7 cm³/mol. The Bertz CT molecular complexity index is 773. The topological polar surface area (TPSA) is 84.3 Å². The average molecular weight is 329 g/mol. The monoisotopic (exact) mass is 329 g/mol. The fraction of sp³-hybridized carbons (Fsp3) is 0.125. The van der Waals surface area contributed by atoms with E-state index in [1.54, 1.807) is 25.1 Å². The lowest BCUT2D eigenvalue weighted by Gasteiger charge is -2.11. The van der Waals surface area contributed by atoms with Crippen LogP contribution in [0.1, 0.15) is 21.5 Å². The Morgan fingerprint density at radius 2 is 1.78 bits per heavy atom. The Labute approximate surface area is 138 Å². The summed E-state index contributed by atoms with van der Waals surface area (Å²) in [4.78, 5) is 22.3. The van der Waals surface area contributed by atoms with E-state index in [1.807, 2.05) is 19.1 Å². The second-order valence-corrected chi connectivity index (χ2v) is 5.44. The fourth-order valence-corrected chi connectivity index (χ4v) is 2.14. The second-order valence-electron chi connectivity index (χ2n) is 5.03. The smallest absolute Gasteiger partial charge is 0.269 e. The van der Waals surface area contributed by atoms with Gasteiger partial charge in [0.25, 0.3) is 11.6 Å². The number of nitro benzene ring substituents is 1. The van der Waals surface area contributed by atoms with Crippen LogP contribution < -0.4 is 10.6 Å². The van der Waals surface area contributed by atoms with Crippen LogP contribution in [0.4, 0.5) is 11.4 Å². The molecule has 0 bridgehead atoms. The van der Waals surface area contributed by atoms with E-state index in [0.29, 0.717) is 16.8 Å². The Balaban J connectivity index is 2.03. The lowest BCUT2D eigenvalue weighted by Crippen LogP contribution is -2.34. The molecule has 6 nitrogen and oxygen atoms in total. The van der Waals surface area contributed by atoms with E-state index < -0.39 is 4.92 Å². The van der Waals surface area contributed by atoms with Crippen molar-refractivity contribution in [2.45, 2.75) is 13.8 Å². The number of rotatable bonds is 3. The van der Waals surface area contributed by atoms with Gasteiger partial charge in [0.15, 0.2) is 5.11 Å². The SMILES string of the molecule is Cc1ccc(C(=O)NC(=S)Nc2ccc([N+](=O)[O-])cc2C)cc1. The van der Waals surface area contributed by atoms with Crippen LogP contribution in [-0.4, -0.2) is 15.9 Å². The van der Waals surface area contributed by atoms with Gasteiger partial charge >= 0.3 is 0 Å². The Morgan fingerprint density at radius 3 is 2.35 bits per heavy atom. The summed E-state index contributed by atoms with van der Waals surface area (Å²) >= 11 is 5.11. The third kappa shape index (κ3) is 4.33. The minimum Gasteiger partial charge on any atom is -0.332 e. The molecule has 0 atom stereocenters. The highest BCUT2D eigenvalue weighted by Gasteiger charge is 2.11. The zero-order chi connectivity index (χ0) is 17.0. The highest BCUT2D eigenvalue weighted by Crippen LogP contribution is 2.21. The van der Waals surface area contributed by atoms with Crippen molar-refractivity contribution in [1.82, 2.24) is 5.32 Å². The van der Waals surface area contributed by atoms with Crippen molar-refractivity contribution in [2.24, 2.45) is 0 Å². The van der Waals surface area contributed by atoms with E-state index in [9.17, 15) is 14.9 Å². The third-order valence-electron chi connectivity index (χ3n) is 3.21. The van der Waals surface area contributed by atoms with Gasteiger partial charge in [0, 0.05) is 23.4 Å². The molecule has 1 amide bonds. The Kier molecular flexibility index (Phi) is 5.02. The van der Waals surface area contributed by atoms with E-state index in [0.717, 1.165) is 5.56 Å². The number of hydrogen-bond acceptors (Lipinski definition) is 4. The molecule has 0 unspecified atom stereocenters. The minimum absolute atomic E-state index is 0.00246. The van der Waals surface area contributed by atoms with Crippen LogP contribution in [0, 0.1) is 24.0 Å². The van der Waals surface area contributed by atoms with E-state index in [4.69, 9.17) is 12.2 Å². The molecule has 2 rings (SSSR count). The number of carbonyl (C=O) groups is 1. The van der Waals surface area contributed by atoms with Crippen LogP contribution >= 0.6 is 12.2 Å². The quantitative estimate of drug-likeness (QED) is 0.512. The molecule has 0 heterocycles. The summed E-state index contributed by atoms with van der Waals surface area (Å²) in [6.07, 6.45) is 0. The van der Waals surface area contributed by atoms with Gasteiger partial charge in [-0.05, 0) is 49.8 Å². The molecule has 0 aliphatic carbocycles. The van der Waals surface area contributed by atoms with Gasteiger partial charge in [0.2, 0.25) is 0 Å². The van der Waals surface area contributed by atoms with E-state index in [2.05, 4.69) is 10.6 Å². The van der Waals surface area contributed by atoms with Crippen molar-refractivity contribution in [1.29, 1.82) is 0 Å². The first-order valence-corrected chi connectivity index (χ1v) is 7.21. The largest absolute Gasteiger partial charge is 0.332 e. The summed E-state index contributed by atoms with van der Waals surface area (Å²) in [6.45, 7) is 3.66. The molecule has 118 valence electrons. The first-order chi connectivity index (χ1) is 10.9. The molecule has 0 aliphatic rings. The molecule has 7 heteroatoms. The van der Waals surface area contributed by atoms with Gasteiger partial charge in [-0.3, -0.25) is 20.2 Å². The van der Waals surface area contributed by atoms with Crippen molar-refractivity contribution < 1.29 is 9.72 Å². The molecular formula is C16H15N3O3S. The predicted octanol–water partition coefficient (Wildman–Crippen LogP) is 3.34. The molecule has 2 N–H and O–H groups in total. The van der Waals surface area contributed by atoms with Crippen LogP contribution in [0.3, 0.4) is 0 Å². The number of hydrogen-bond donors (Lipinski definition) is 2. The summed E-state index contributed by atoms with van der Waals surface area (Å²) in [5, 5.41) is 16.3. The number of nitrogens with zero attached hydrogens (tertiary/aromatic N) is 1. The average Bonchev–Trinajstić information content (AvgIpc) is 2.49. The molecule has 0 saturated heterocycles. The molecule has 0 aliphatic heterocycles. The Hall–Kier alpha value is -2.80. The maximum absolute atomic E-state index is 12.1. The van der Waals surface area contributed by atoms with Gasteiger partial charge in [-0.1, -0.05) is 17.7 Å². The number of benzene rings is 2. The summed E-state index contributed by atoms with van der Waals surface area (Å²) in [5.74, 6) is -0.318. The molecule has 2 aromatic rings. The molecule has 0 aromatic heterocycles. The van der Waals surface area contributed by atoms with Crippen molar-refractivity contribution in [3.8, 4) is 0 Å². The van der Waals surface area contributed by atoms with Crippen LogP contribution in [0.2, 0.25) is 0 Å². The fourth-order valence-electron chi connectivity index (χ4n) is 1.94. The van der Waals surface area contributed by atoms with Crippen LogP contribution in [0.15, 0.2) is 42.5 Å². The standard InChI is InChI=1S/C16H15N3O3S/c1-10-3-5-12(6-4-10)15(20)18-16(23)17-14-8-7-13(19(21)22)9-11(14)2/h3-9H,1-2H3,(H2,17,18,20,23). The van der Waals surface area contributed by atoms with Crippen molar-refractivity contribution in [3.05, 3.63) is 69.3 Å². The molecule has 0 fully saturated rings. The van der Waals surface area contributed by atoms with Crippen LogP contribution in [0.5, 0.6) is 0 Å². The summed E-state index contributed by atoms with van der Waals surface area (Å²) in [6, 6.07) is 11.5. The number of aryl methyl sites for hydroxylation is 2. The molecule has 23 heavy (non-hydrogen) atoms. The Morgan fingerprint density at radius 1 is 1.13 bits per heavy atom. The maximum atomic E-state index is 12.1. The van der Waals surface area contributed by atoms with Crippen molar-refractivity contribution in [2.75, 3.05) is 5.32 Å². The van der Waals surface area contributed by atoms with Gasteiger partial charge in [0.1, 0.15) is 0 Å². The van der Waals surface area contributed by atoms with E-state index >= 15 is 0 Å². The number of non-ortho nitro benzene ring substituents is 1. The van der Waals surface area contributed by atoms with Crippen LogP contribution in [0.25, 0.3) is 0 Å². The lowest BCUT2D eigenvalue weighted by molar-refractivity contribution is -0.384. The highest BCUT2D eigenvalue weighted by molar-refractivity contribution is 7.80. The van der Waals surface area contributed by atoms with E-state index in [-0.39, 0.29) is 16.7 Å². The maximum Gasteiger partial charge on any atom is 0.269 e. The number of thiocarbonyl (C=S) groups is 1. The molecule has 0 radical (unpaired) electrons. The molecule has 0 spiro atoms. The third-order valence-corrected chi connectivity index (χ3v) is 3.41. The minimum atomic E-state index is -0.464. The lowest BCUT2D eigenvalue weighted by atomic mass is 10.1. The number of anilines is 1. The number of nitrogens with one attached hydrogen (secondary N) is 2. The van der Waals surface area contributed by atoms with Gasteiger partial charge < -0.3 is 5.32 Å². The summed E-state index contributed by atoms with van der Waals surface area (Å²) in [5.41, 5.74) is 2.82. The normalized spacial score (nSPS) is 10.0. The van der Waals surface area contributed by atoms with Gasteiger partial charge in [-0.2, -0.15) is 0 Å². The number of nitro groups is 1. The number of amides is 1. The molecular weight excluding hydrogens is 314 g/mol. The van der Waals surface area contributed by atoms with Gasteiger partial charge in [-0.15, -0.1) is 0 Å². The second kappa shape index (κ2) is 6.97. The van der Waals surface area contributed by atoms with E-state index in [1.165, 1.54) is 12.1 Å². The highest BCUT2D eigenvalue weighted by atomic mass is 32.1. The van der Waals surface area contributed by atoms with Gasteiger partial charge in [0.05, 0.1) is 4.92 Å². The van der Waals surface area contributed by atoms with Crippen molar-refractivity contribution in [3.63, 3.8) is 0 Å². The van der Waals surface area contributed by atoms with Crippen molar-refractivity contribution >= 4 is 34.6 Å². The zero-order valence-corrected chi connectivity index (χ0v) is 13.4. The van der Waals surface area contributed by atoms with Gasteiger partial charge in [-0.25, -0.2) is 0 Å². The first-order valence-electron chi connectivity index (χ1n) is 6.81. The first kappa shape index (κ1) is 16.6. The molecule has 0 saturated carbocycles. The zero-order valence-electron chi connectivity index (χ0n) is 12.6. The van der Waals surface area contributed by atoms with Crippen LogP contribution in [-0.2, 0) is 0 Å². The summed E-state index contributed by atoms with van der Waals surface area (Å²) < 4.78 is 0. The summed E-state index contributed by atoms with van der Waals surface area (Å²) in [7, 11) is 0.